The summed E-state index contributed by atoms with van der Waals surface area (Å²) < 4.78 is 1.94. The Morgan fingerprint density at radius 1 is 1.00 bits per heavy atom. The first kappa shape index (κ1) is 17.4. The Morgan fingerprint density at radius 2 is 1.77 bits per heavy atom. The molecule has 2 aromatic carbocycles. The second kappa shape index (κ2) is 6.98. The Labute approximate surface area is 163 Å². The number of anilines is 1. The van der Waals surface area contributed by atoms with Crippen molar-refractivity contribution in [2.45, 2.75) is 33.1 Å². The minimum absolute atomic E-state index is 0.598. The molecule has 0 saturated heterocycles. The topological polar surface area (TPSA) is 29.9 Å². The molecule has 26 heavy (non-hydrogen) atoms. The molecule has 0 radical (unpaired) electrons. The van der Waals surface area contributed by atoms with E-state index in [4.69, 9.17) is 28.3 Å². The molecule has 0 atom stereocenters. The quantitative estimate of drug-likeness (QED) is 0.567. The zero-order valence-corrected chi connectivity index (χ0v) is 16.5. The lowest BCUT2D eigenvalue weighted by Crippen LogP contribution is -2.07. The van der Waals surface area contributed by atoms with Gasteiger partial charge in [0.1, 0.15) is 5.82 Å². The van der Waals surface area contributed by atoms with Crippen LogP contribution in [0.3, 0.4) is 0 Å². The van der Waals surface area contributed by atoms with E-state index < -0.39 is 0 Å². The standard InChI is InChI=1S/C21H21Cl2N3/c1-13-9-14(2)11-15(10-13)20-17-5-3-4-8-24-21(17)26(25-20)19-7-6-16(22)12-18(19)23/h6-7,9-12,24H,3-5,8H2,1-2H3. The molecule has 0 amide bonds. The van der Waals surface area contributed by atoms with Crippen LogP contribution in [0.15, 0.2) is 36.4 Å². The van der Waals surface area contributed by atoms with Gasteiger partial charge in [-0.2, -0.15) is 5.10 Å². The summed E-state index contributed by atoms with van der Waals surface area (Å²) >= 11 is 12.6. The Bertz CT molecular complexity index is 955. The number of fused-ring (bicyclic) bond motifs is 1. The largest absolute Gasteiger partial charge is 0.370 e. The third kappa shape index (κ3) is 3.22. The van der Waals surface area contributed by atoms with Gasteiger partial charge in [-0.05, 0) is 63.4 Å². The summed E-state index contributed by atoms with van der Waals surface area (Å²) in [4.78, 5) is 0. The number of halogens is 2. The summed E-state index contributed by atoms with van der Waals surface area (Å²) in [5.41, 5.74) is 6.79. The van der Waals surface area contributed by atoms with Crippen LogP contribution in [-0.2, 0) is 6.42 Å². The van der Waals surface area contributed by atoms with E-state index in [1.807, 2.05) is 16.8 Å². The number of aromatic nitrogens is 2. The van der Waals surface area contributed by atoms with Crippen LogP contribution in [0.2, 0.25) is 10.0 Å². The average Bonchev–Trinajstić information content (AvgIpc) is 2.76. The number of rotatable bonds is 2. The third-order valence-electron chi connectivity index (χ3n) is 4.76. The highest BCUT2D eigenvalue weighted by Crippen LogP contribution is 2.36. The summed E-state index contributed by atoms with van der Waals surface area (Å²) in [6.07, 6.45) is 3.31. The molecule has 0 bridgehead atoms. The van der Waals surface area contributed by atoms with Crippen LogP contribution in [0.4, 0.5) is 5.82 Å². The van der Waals surface area contributed by atoms with Crippen molar-refractivity contribution >= 4 is 29.0 Å². The van der Waals surface area contributed by atoms with Crippen LogP contribution in [0, 0.1) is 13.8 Å². The Kier molecular flexibility index (Phi) is 4.68. The fourth-order valence-electron chi connectivity index (χ4n) is 3.67. The van der Waals surface area contributed by atoms with Crippen LogP contribution >= 0.6 is 23.2 Å². The minimum atomic E-state index is 0.598. The van der Waals surface area contributed by atoms with Gasteiger partial charge in [0.25, 0.3) is 0 Å². The van der Waals surface area contributed by atoms with E-state index in [0.29, 0.717) is 10.0 Å². The number of hydrogen-bond donors (Lipinski definition) is 1. The van der Waals surface area contributed by atoms with Gasteiger partial charge in [0.05, 0.1) is 16.4 Å². The highest BCUT2D eigenvalue weighted by Gasteiger charge is 2.23. The normalized spacial score (nSPS) is 13.8. The SMILES string of the molecule is Cc1cc(C)cc(-c2nn(-c3ccc(Cl)cc3Cl)c3c2CCCCN3)c1. The number of nitrogens with zero attached hydrogens (tertiary/aromatic N) is 2. The molecule has 1 aliphatic heterocycles. The highest BCUT2D eigenvalue weighted by atomic mass is 35.5. The lowest BCUT2D eigenvalue weighted by atomic mass is 10.00. The van der Waals surface area contributed by atoms with Gasteiger partial charge in [-0.15, -0.1) is 0 Å². The molecule has 0 unspecified atom stereocenters. The van der Waals surface area contributed by atoms with Gasteiger partial charge >= 0.3 is 0 Å². The van der Waals surface area contributed by atoms with Crippen molar-refractivity contribution in [2.75, 3.05) is 11.9 Å². The molecule has 134 valence electrons. The molecule has 1 aromatic heterocycles. The zero-order chi connectivity index (χ0) is 18.3. The summed E-state index contributed by atoms with van der Waals surface area (Å²) in [5, 5.41) is 9.76. The maximum Gasteiger partial charge on any atom is 0.133 e. The number of benzene rings is 2. The maximum absolute atomic E-state index is 6.48. The monoisotopic (exact) mass is 385 g/mol. The second-order valence-corrected chi connectivity index (χ2v) is 7.79. The molecule has 5 heteroatoms. The van der Waals surface area contributed by atoms with E-state index in [-0.39, 0.29) is 0 Å². The number of aryl methyl sites for hydroxylation is 2. The van der Waals surface area contributed by atoms with Crippen LogP contribution in [-0.4, -0.2) is 16.3 Å². The lowest BCUT2D eigenvalue weighted by Gasteiger charge is -2.10. The first-order valence-electron chi connectivity index (χ1n) is 8.93. The molecule has 3 aromatic rings. The smallest absolute Gasteiger partial charge is 0.133 e. The molecule has 1 N–H and O–H groups in total. The molecule has 1 aliphatic rings. The predicted molar refractivity (Wildman–Crippen MR) is 110 cm³/mol. The molecule has 0 spiro atoms. The summed E-state index contributed by atoms with van der Waals surface area (Å²) in [5.74, 6) is 1.04. The molecular weight excluding hydrogens is 365 g/mol. The van der Waals surface area contributed by atoms with Gasteiger partial charge in [0.2, 0.25) is 0 Å². The van der Waals surface area contributed by atoms with Crippen molar-refractivity contribution in [2.24, 2.45) is 0 Å². The van der Waals surface area contributed by atoms with Gasteiger partial charge in [-0.3, -0.25) is 0 Å². The van der Waals surface area contributed by atoms with E-state index in [1.165, 1.54) is 16.7 Å². The fourth-order valence-corrected chi connectivity index (χ4v) is 4.16. The molecule has 3 nitrogen and oxygen atoms in total. The first-order valence-corrected chi connectivity index (χ1v) is 9.68. The summed E-state index contributed by atoms with van der Waals surface area (Å²) in [6, 6.07) is 12.1. The Balaban J connectivity index is 1.94. The van der Waals surface area contributed by atoms with Crippen molar-refractivity contribution in [3.8, 4) is 16.9 Å². The predicted octanol–water partition coefficient (Wildman–Crippen LogP) is 6.21. The van der Waals surface area contributed by atoms with Gasteiger partial charge < -0.3 is 5.32 Å². The maximum atomic E-state index is 6.48. The van der Waals surface area contributed by atoms with E-state index >= 15 is 0 Å². The highest BCUT2D eigenvalue weighted by molar-refractivity contribution is 6.35. The fraction of sp³-hybridized carbons (Fsp3) is 0.286. The van der Waals surface area contributed by atoms with Crippen LogP contribution in [0.1, 0.15) is 29.5 Å². The van der Waals surface area contributed by atoms with Gasteiger partial charge in [0.15, 0.2) is 0 Å². The molecule has 0 fully saturated rings. The van der Waals surface area contributed by atoms with E-state index in [9.17, 15) is 0 Å². The van der Waals surface area contributed by atoms with E-state index in [1.54, 1.807) is 6.07 Å². The molecule has 4 rings (SSSR count). The second-order valence-electron chi connectivity index (χ2n) is 6.94. The van der Waals surface area contributed by atoms with Crippen molar-refractivity contribution in [1.29, 1.82) is 0 Å². The molecule has 2 heterocycles. The Hall–Kier alpha value is -1.97. The summed E-state index contributed by atoms with van der Waals surface area (Å²) in [6.45, 7) is 5.19. The molecule has 0 saturated carbocycles. The average molecular weight is 386 g/mol. The van der Waals surface area contributed by atoms with Gasteiger partial charge in [-0.1, -0.05) is 40.4 Å². The number of hydrogen-bond acceptors (Lipinski definition) is 2. The van der Waals surface area contributed by atoms with E-state index in [0.717, 1.165) is 48.6 Å². The summed E-state index contributed by atoms with van der Waals surface area (Å²) in [7, 11) is 0. The minimum Gasteiger partial charge on any atom is -0.370 e. The van der Waals surface area contributed by atoms with Crippen molar-refractivity contribution in [3.05, 3.63) is 63.1 Å². The van der Waals surface area contributed by atoms with Gasteiger partial charge in [-0.25, -0.2) is 4.68 Å². The van der Waals surface area contributed by atoms with Crippen LogP contribution in [0.25, 0.3) is 16.9 Å². The van der Waals surface area contributed by atoms with Crippen molar-refractivity contribution < 1.29 is 0 Å². The molecular formula is C21H21Cl2N3. The Morgan fingerprint density at radius 3 is 2.50 bits per heavy atom. The number of nitrogens with one attached hydrogen (secondary N) is 1. The van der Waals surface area contributed by atoms with Crippen molar-refractivity contribution in [3.63, 3.8) is 0 Å². The van der Waals surface area contributed by atoms with Gasteiger partial charge in [0, 0.05) is 22.7 Å². The van der Waals surface area contributed by atoms with E-state index in [2.05, 4.69) is 37.4 Å². The first-order chi connectivity index (χ1) is 12.5. The van der Waals surface area contributed by atoms with Crippen LogP contribution in [0.5, 0.6) is 0 Å². The molecule has 0 aliphatic carbocycles. The third-order valence-corrected chi connectivity index (χ3v) is 5.30. The van der Waals surface area contributed by atoms with Crippen LogP contribution < -0.4 is 5.32 Å². The van der Waals surface area contributed by atoms with Crippen molar-refractivity contribution in [1.82, 2.24) is 9.78 Å². The zero-order valence-electron chi connectivity index (χ0n) is 14.9. The lowest BCUT2D eigenvalue weighted by molar-refractivity contribution is 0.780.